The lowest BCUT2D eigenvalue weighted by Crippen LogP contribution is -2.59. The van der Waals surface area contributed by atoms with Crippen LogP contribution >= 0.6 is 0 Å². The Bertz CT molecular complexity index is 1200. The third-order valence-electron chi connectivity index (χ3n) is 7.21. The highest BCUT2D eigenvalue weighted by molar-refractivity contribution is 5.80. The average Bonchev–Trinajstić information content (AvgIpc) is 2.87. The molecule has 0 saturated carbocycles. The molecule has 2 atom stereocenters. The Balaban J connectivity index is 1.90. The molecular formula is C31H43F3N4O2. The zero-order chi connectivity index (χ0) is 29.7. The number of unbranched alkanes of at least 4 members (excludes halogenated alkanes) is 1. The molecule has 1 aromatic heterocycles. The molecule has 1 aromatic carbocycles. The Labute approximate surface area is 236 Å². The number of benzene rings is 1. The van der Waals surface area contributed by atoms with E-state index in [4.69, 9.17) is 4.74 Å². The van der Waals surface area contributed by atoms with E-state index in [0.29, 0.717) is 49.4 Å². The molecule has 1 fully saturated rings. The van der Waals surface area contributed by atoms with Gasteiger partial charge >= 0.3 is 6.09 Å². The first-order valence-corrected chi connectivity index (χ1v) is 14.2. The predicted octanol–water partition coefficient (Wildman–Crippen LogP) is 7.46. The van der Waals surface area contributed by atoms with Gasteiger partial charge in [0.15, 0.2) is 0 Å². The minimum Gasteiger partial charge on any atom is -0.444 e. The summed E-state index contributed by atoms with van der Waals surface area (Å²) < 4.78 is 49.8. The number of nitrogens with zero attached hydrogens (tertiary/aromatic N) is 4. The van der Waals surface area contributed by atoms with Gasteiger partial charge < -0.3 is 14.5 Å². The maximum Gasteiger partial charge on any atom is 0.410 e. The standard InChI is InChI=1S/C31H43F3N4O2/c1-8-25(31(33,34)9-2)27-26(16-11-10-13-23-14-12-15-24(32)17-23)35-20-36-28(27)37-18-22(4)38(19-21(37)3)29(39)40-30(5,6)7/h8,12,14-15,17,20-22H,9-11,13,16,18-19H2,1-7H3/b25-8+/t21-,22+/m0/s1. The van der Waals surface area contributed by atoms with Crippen LogP contribution in [0.5, 0.6) is 0 Å². The average molecular weight is 561 g/mol. The Morgan fingerprint density at radius 1 is 1.10 bits per heavy atom. The fourth-order valence-corrected chi connectivity index (χ4v) is 5.13. The van der Waals surface area contributed by atoms with E-state index in [1.54, 1.807) is 17.9 Å². The lowest BCUT2D eigenvalue weighted by molar-refractivity contribution is 0.0129. The highest BCUT2D eigenvalue weighted by atomic mass is 19.3. The summed E-state index contributed by atoms with van der Waals surface area (Å²) >= 11 is 0. The molecule has 2 aromatic rings. The largest absolute Gasteiger partial charge is 0.444 e. The Kier molecular flexibility index (Phi) is 10.2. The molecule has 0 N–H and O–H groups in total. The van der Waals surface area contributed by atoms with E-state index in [1.807, 2.05) is 45.6 Å². The summed E-state index contributed by atoms with van der Waals surface area (Å²) in [6.07, 6.45) is 4.81. The highest BCUT2D eigenvalue weighted by Crippen LogP contribution is 2.41. The molecule has 1 saturated heterocycles. The number of amides is 1. The molecule has 1 aliphatic rings. The number of allylic oxidation sites excluding steroid dienone is 2. The van der Waals surface area contributed by atoms with Gasteiger partial charge in [0.25, 0.3) is 5.92 Å². The second-order valence-corrected chi connectivity index (χ2v) is 11.6. The minimum atomic E-state index is -3.06. The molecule has 6 nitrogen and oxygen atoms in total. The highest BCUT2D eigenvalue weighted by Gasteiger charge is 2.40. The van der Waals surface area contributed by atoms with Gasteiger partial charge in [0.1, 0.15) is 23.6 Å². The molecule has 220 valence electrons. The lowest BCUT2D eigenvalue weighted by Gasteiger charge is -2.45. The number of piperazine rings is 1. The number of ether oxygens (including phenoxy) is 1. The molecule has 0 unspecified atom stereocenters. The second-order valence-electron chi connectivity index (χ2n) is 11.6. The van der Waals surface area contributed by atoms with E-state index in [1.165, 1.54) is 31.5 Å². The van der Waals surface area contributed by atoms with Crippen LogP contribution in [-0.2, 0) is 17.6 Å². The molecule has 1 aliphatic heterocycles. The second kappa shape index (κ2) is 13.0. The van der Waals surface area contributed by atoms with Crippen molar-refractivity contribution in [3.63, 3.8) is 0 Å². The van der Waals surface area contributed by atoms with E-state index >= 15 is 8.78 Å². The van der Waals surface area contributed by atoms with Crippen molar-refractivity contribution in [2.75, 3.05) is 18.0 Å². The van der Waals surface area contributed by atoms with Crippen LogP contribution < -0.4 is 4.90 Å². The zero-order valence-corrected chi connectivity index (χ0v) is 24.8. The fourth-order valence-electron chi connectivity index (χ4n) is 5.13. The van der Waals surface area contributed by atoms with Crippen molar-refractivity contribution >= 4 is 17.5 Å². The number of rotatable bonds is 9. The number of carbonyl (C=O) groups excluding carboxylic acids is 1. The third-order valence-corrected chi connectivity index (χ3v) is 7.21. The van der Waals surface area contributed by atoms with Crippen LogP contribution in [0.15, 0.2) is 36.7 Å². The molecule has 0 spiro atoms. The van der Waals surface area contributed by atoms with Gasteiger partial charge in [0.05, 0.1) is 5.69 Å². The van der Waals surface area contributed by atoms with Gasteiger partial charge in [-0.25, -0.2) is 27.9 Å². The molecule has 40 heavy (non-hydrogen) atoms. The maximum absolute atomic E-state index is 15.3. The number of hydrogen-bond acceptors (Lipinski definition) is 5. The molecule has 1 amide bonds. The Hall–Kier alpha value is -3.10. The summed E-state index contributed by atoms with van der Waals surface area (Å²) in [6.45, 7) is 13.2. The number of anilines is 1. The first-order valence-electron chi connectivity index (χ1n) is 14.2. The monoisotopic (exact) mass is 560 g/mol. The van der Waals surface area contributed by atoms with Gasteiger partial charge in [-0.3, -0.25) is 0 Å². The summed E-state index contributed by atoms with van der Waals surface area (Å²) in [5.74, 6) is -2.87. The van der Waals surface area contributed by atoms with Gasteiger partial charge in [-0.15, -0.1) is 0 Å². The van der Waals surface area contributed by atoms with Gasteiger partial charge in [-0.05, 0) is 84.9 Å². The topological polar surface area (TPSA) is 58.6 Å². The number of aromatic nitrogens is 2. The van der Waals surface area contributed by atoms with Crippen LogP contribution in [0.3, 0.4) is 0 Å². The SMILES string of the molecule is C/C=C(\c1c(CCCCc2cccc(F)c2)ncnc1N1C[C@@H](C)N(C(=O)OC(C)(C)C)C[C@@H]1C)C(F)(F)CC. The fraction of sp³-hybridized carbons (Fsp3) is 0.581. The number of aryl methyl sites for hydroxylation is 2. The number of hydrogen-bond donors (Lipinski definition) is 0. The van der Waals surface area contributed by atoms with Crippen molar-refractivity contribution in [2.45, 2.75) is 104 Å². The molecule has 3 rings (SSSR count). The van der Waals surface area contributed by atoms with Crippen LogP contribution in [0.2, 0.25) is 0 Å². The zero-order valence-electron chi connectivity index (χ0n) is 24.8. The van der Waals surface area contributed by atoms with E-state index < -0.39 is 11.5 Å². The molecular weight excluding hydrogens is 517 g/mol. The van der Waals surface area contributed by atoms with Crippen molar-refractivity contribution in [1.29, 1.82) is 0 Å². The van der Waals surface area contributed by atoms with E-state index in [2.05, 4.69) is 9.97 Å². The summed E-state index contributed by atoms with van der Waals surface area (Å²) in [5, 5.41) is 0. The number of carbonyl (C=O) groups is 1. The molecule has 0 bridgehead atoms. The van der Waals surface area contributed by atoms with Crippen molar-refractivity contribution in [2.24, 2.45) is 0 Å². The molecule has 0 aliphatic carbocycles. The van der Waals surface area contributed by atoms with Gasteiger partial charge in [0.2, 0.25) is 0 Å². The van der Waals surface area contributed by atoms with Gasteiger partial charge in [-0.1, -0.05) is 25.1 Å². The molecule has 9 heteroatoms. The van der Waals surface area contributed by atoms with Crippen LogP contribution in [0.1, 0.15) is 84.5 Å². The summed E-state index contributed by atoms with van der Waals surface area (Å²) in [7, 11) is 0. The van der Waals surface area contributed by atoms with Crippen LogP contribution in [0, 0.1) is 5.82 Å². The normalized spacial score (nSPS) is 18.7. The predicted molar refractivity (Wildman–Crippen MR) is 153 cm³/mol. The number of halogens is 3. The molecule has 0 radical (unpaired) electrons. The van der Waals surface area contributed by atoms with Crippen LogP contribution in [0.4, 0.5) is 23.8 Å². The first-order chi connectivity index (χ1) is 18.8. The Morgan fingerprint density at radius 3 is 2.42 bits per heavy atom. The van der Waals surface area contributed by atoms with Crippen LogP contribution in [-0.4, -0.2) is 57.7 Å². The van der Waals surface area contributed by atoms with Crippen molar-refractivity contribution < 1.29 is 22.7 Å². The minimum absolute atomic E-state index is 0.0832. The molecule has 2 heterocycles. The van der Waals surface area contributed by atoms with E-state index in [9.17, 15) is 9.18 Å². The van der Waals surface area contributed by atoms with Crippen molar-refractivity contribution in [1.82, 2.24) is 14.9 Å². The maximum atomic E-state index is 15.3. The van der Waals surface area contributed by atoms with E-state index in [0.717, 1.165) is 12.0 Å². The Morgan fingerprint density at radius 2 is 1.80 bits per heavy atom. The van der Waals surface area contributed by atoms with Gasteiger partial charge in [0, 0.05) is 42.7 Å². The summed E-state index contributed by atoms with van der Waals surface area (Å²) in [6, 6.07) is 6.11. The number of alkyl halides is 2. The van der Waals surface area contributed by atoms with Crippen molar-refractivity contribution in [3.05, 3.63) is 59.3 Å². The third kappa shape index (κ3) is 7.76. The summed E-state index contributed by atoms with van der Waals surface area (Å²) in [5.41, 5.74) is 1.14. The van der Waals surface area contributed by atoms with Gasteiger partial charge in [-0.2, -0.15) is 0 Å². The summed E-state index contributed by atoms with van der Waals surface area (Å²) in [4.78, 5) is 25.6. The first kappa shape index (κ1) is 31.4. The lowest BCUT2D eigenvalue weighted by atomic mass is 9.93. The van der Waals surface area contributed by atoms with E-state index in [-0.39, 0.29) is 36.0 Å². The quantitative estimate of drug-likeness (QED) is 0.298. The van der Waals surface area contributed by atoms with Crippen LogP contribution in [0.25, 0.3) is 5.57 Å². The smallest absolute Gasteiger partial charge is 0.410 e. The van der Waals surface area contributed by atoms with Crippen molar-refractivity contribution in [3.8, 4) is 0 Å².